The van der Waals surface area contributed by atoms with Crippen molar-refractivity contribution in [2.45, 2.75) is 51.5 Å². The van der Waals surface area contributed by atoms with Gasteiger partial charge in [-0.05, 0) is 56.9 Å². The number of unbranched alkanes of at least 4 members (excludes halogenated alkanes) is 1. The lowest BCUT2D eigenvalue weighted by Gasteiger charge is -2.30. The molecule has 3 rings (SSSR count). The Labute approximate surface area is 184 Å². The highest BCUT2D eigenvalue weighted by atomic mass is 32.2. The van der Waals surface area contributed by atoms with Crippen LogP contribution in [0.2, 0.25) is 0 Å². The molecule has 1 fully saturated rings. The third-order valence-electron chi connectivity index (χ3n) is 5.74. The van der Waals surface area contributed by atoms with Gasteiger partial charge in [-0.15, -0.1) is 0 Å². The van der Waals surface area contributed by atoms with Crippen LogP contribution in [-0.2, 0) is 21.9 Å². The van der Waals surface area contributed by atoms with Gasteiger partial charge in [0.15, 0.2) is 5.03 Å². The number of aromatic nitrogens is 2. The Balaban J connectivity index is 1.57. The lowest BCUT2D eigenvalue weighted by Crippen LogP contribution is -2.41. The molecule has 31 heavy (non-hydrogen) atoms. The predicted octanol–water partition coefficient (Wildman–Crippen LogP) is 3.26. The molecule has 1 aromatic carbocycles. The molecular weight excluding hydrogens is 416 g/mol. The van der Waals surface area contributed by atoms with Crippen molar-refractivity contribution in [1.29, 1.82) is 0 Å². The molecule has 1 aromatic heterocycles. The van der Waals surface area contributed by atoms with Crippen molar-refractivity contribution in [3.63, 3.8) is 0 Å². The second kappa shape index (κ2) is 9.82. The summed E-state index contributed by atoms with van der Waals surface area (Å²) in [6.07, 6.45) is 4.57. The maximum absolute atomic E-state index is 12.8. The van der Waals surface area contributed by atoms with E-state index in [0.29, 0.717) is 38.4 Å². The van der Waals surface area contributed by atoms with Gasteiger partial charge in [0, 0.05) is 37.9 Å². The van der Waals surface area contributed by atoms with Gasteiger partial charge in [0.2, 0.25) is 5.91 Å². The van der Waals surface area contributed by atoms with Gasteiger partial charge in [0.05, 0.1) is 6.61 Å². The van der Waals surface area contributed by atoms with Crippen molar-refractivity contribution in [2.75, 3.05) is 25.0 Å². The number of anilines is 1. The van der Waals surface area contributed by atoms with E-state index in [9.17, 15) is 13.2 Å². The monoisotopic (exact) mass is 448 g/mol. The molecule has 0 radical (unpaired) electrons. The molecule has 0 aliphatic carbocycles. The molecule has 0 bridgehead atoms. The summed E-state index contributed by atoms with van der Waals surface area (Å²) in [4.78, 5) is 16.9. The molecule has 0 atom stereocenters. The molecule has 1 aliphatic heterocycles. The molecule has 9 heteroatoms. The second-order valence-electron chi connectivity index (χ2n) is 8.08. The minimum Gasteiger partial charge on any atom is -0.494 e. The van der Waals surface area contributed by atoms with Crippen LogP contribution in [0, 0.1) is 19.8 Å². The van der Waals surface area contributed by atoms with Gasteiger partial charge in [0.25, 0.3) is 10.0 Å². The minimum absolute atomic E-state index is 0.0623. The van der Waals surface area contributed by atoms with E-state index in [2.05, 4.69) is 17.2 Å². The molecule has 2 heterocycles. The third-order valence-corrected chi connectivity index (χ3v) is 7.51. The van der Waals surface area contributed by atoms with E-state index in [1.165, 1.54) is 10.5 Å². The van der Waals surface area contributed by atoms with Crippen LogP contribution in [0.15, 0.2) is 29.4 Å². The van der Waals surface area contributed by atoms with Gasteiger partial charge in [-0.25, -0.2) is 13.4 Å². The van der Waals surface area contributed by atoms with E-state index in [1.54, 1.807) is 18.5 Å². The van der Waals surface area contributed by atoms with E-state index >= 15 is 0 Å². The van der Waals surface area contributed by atoms with Crippen molar-refractivity contribution >= 4 is 21.6 Å². The van der Waals surface area contributed by atoms with Gasteiger partial charge >= 0.3 is 0 Å². The maximum Gasteiger partial charge on any atom is 0.262 e. The lowest BCUT2D eigenvalue weighted by atomic mass is 9.97. The highest BCUT2D eigenvalue weighted by Gasteiger charge is 2.33. The number of imidazole rings is 1. The largest absolute Gasteiger partial charge is 0.494 e. The summed E-state index contributed by atoms with van der Waals surface area (Å²) in [6.45, 7) is 7.11. The first-order valence-corrected chi connectivity index (χ1v) is 12.2. The zero-order valence-electron chi connectivity index (χ0n) is 18.7. The highest BCUT2D eigenvalue weighted by molar-refractivity contribution is 7.89. The quantitative estimate of drug-likeness (QED) is 0.626. The van der Waals surface area contributed by atoms with Crippen LogP contribution < -0.4 is 10.1 Å². The van der Waals surface area contributed by atoms with Crippen LogP contribution in [0.4, 0.5) is 5.69 Å². The number of nitrogens with one attached hydrogen (secondary N) is 1. The molecule has 0 spiro atoms. The second-order valence-corrected chi connectivity index (χ2v) is 9.97. The first-order chi connectivity index (χ1) is 14.7. The van der Waals surface area contributed by atoms with Crippen LogP contribution >= 0.6 is 0 Å². The van der Waals surface area contributed by atoms with E-state index in [4.69, 9.17) is 4.74 Å². The third kappa shape index (κ3) is 5.46. The van der Waals surface area contributed by atoms with Crippen molar-refractivity contribution in [1.82, 2.24) is 13.9 Å². The number of rotatable bonds is 8. The highest BCUT2D eigenvalue weighted by Crippen LogP contribution is 2.26. The molecular formula is C22H32N4O4S. The maximum atomic E-state index is 12.8. The average molecular weight is 449 g/mol. The number of carbonyl (C=O) groups is 1. The number of piperidine rings is 1. The predicted molar refractivity (Wildman–Crippen MR) is 120 cm³/mol. The van der Waals surface area contributed by atoms with E-state index in [1.807, 2.05) is 25.1 Å². The normalized spacial score (nSPS) is 15.7. The first-order valence-electron chi connectivity index (χ1n) is 10.8. The first kappa shape index (κ1) is 23.3. The Bertz CT molecular complexity index is 1000. The molecule has 1 aliphatic rings. The molecule has 0 saturated carbocycles. The Morgan fingerprint density at radius 1 is 1.26 bits per heavy atom. The number of carbonyl (C=O) groups excluding carboxylic acids is 1. The number of sulfonamides is 1. The Morgan fingerprint density at radius 2 is 1.97 bits per heavy atom. The van der Waals surface area contributed by atoms with E-state index < -0.39 is 10.0 Å². The molecule has 2 aromatic rings. The standard InChI is InChI=1S/C22H32N4O4S/c1-5-6-13-30-19-7-8-20(16(2)14-19)24-22(27)18-9-11-26(12-10-18)31(28,29)21-15-25(4)17(3)23-21/h7-8,14-15,18H,5-6,9-13H2,1-4H3,(H,24,27). The van der Waals surface area contributed by atoms with Crippen molar-refractivity contribution < 1.29 is 17.9 Å². The summed E-state index contributed by atoms with van der Waals surface area (Å²) in [6, 6.07) is 5.65. The molecule has 170 valence electrons. The number of amides is 1. The Hall–Kier alpha value is -2.39. The van der Waals surface area contributed by atoms with Crippen molar-refractivity contribution in [3.05, 3.63) is 35.8 Å². The molecule has 1 saturated heterocycles. The Kier molecular flexibility index (Phi) is 7.38. The molecule has 0 unspecified atom stereocenters. The fraction of sp³-hybridized carbons (Fsp3) is 0.545. The lowest BCUT2D eigenvalue weighted by molar-refractivity contribution is -0.120. The van der Waals surface area contributed by atoms with Gasteiger partial charge in [-0.2, -0.15) is 4.31 Å². The number of hydrogen-bond donors (Lipinski definition) is 1. The molecule has 1 amide bonds. The van der Waals surface area contributed by atoms with Gasteiger partial charge in [-0.1, -0.05) is 13.3 Å². The zero-order valence-corrected chi connectivity index (χ0v) is 19.5. The number of ether oxygens (including phenoxy) is 1. The summed E-state index contributed by atoms with van der Waals surface area (Å²) < 4.78 is 34.5. The van der Waals surface area contributed by atoms with Crippen LogP contribution in [0.5, 0.6) is 5.75 Å². The summed E-state index contributed by atoms with van der Waals surface area (Å²) in [5.41, 5.74) is 1.69. The molecule has 1 N–H and O–H groups in total. The van der Waals surface area contributed by atoms with E-state index in [0.717, 1.165) is 29.8 Å². The smallest absolute Gasteiger partial charge is 0.262 e. The fourth-order valence-electron chi connectivity index (χ4n) is 3.58. The van der Waals surface area contributed by atoms with Crippen molar-refractivity contribution in [3.8, 4) is 5.75 Å². The van der Waals surface area contributed by atoms with E-state index in [-0.39, 0.29) is 16.9 Å². The van der Waals surface area contributed by atoms with Gasteiger partial charge in [-0.3, -0.25) is 4.79 Å². The van der Waals surface area contributed by atoms with Crippen LogP contribution in [0.1, 0.15) is 44.0 Å². The summed E-state index contributed by atoms with van der Waals surface area (Å²) in [5.74, 6) is 1.14. The fourth-order valence-corrected chi connectivity index (χ4v) is 5.07. The number of benzene rings is 1. The number of aryl methyl sites for hydroxylation is 3. The van der Waals surface area contributed by atoms with Crippen LogP contribution in [0.3, 0.4) is 0 Å². The minimum atomic E-state index is -3.64. The number of nitrogens with zero attached hydrogens (tertiary/aromatic N) is 3. The van der Waals surface area contributed by atoms with Gasteiger partial charge < -0.3 is 14.6 Å². The average Bonchev–Trinajstić information content (AvgIpc) is 3.09. The zero-order chi connectivity index (χ0) is 22.6. The van der Waals surface area contributed by atoms with Crippen LogP contribution in [-0.4, -0.2) is 47.9 Å². The molecule has 8 nitrogen and oxygen atoms in total. The summed E-state index contributed by atoms with van der Waals surface area (Å²) in [5, 5.41) is 3.05. The number of hydrogen-bond acceptors (Lipinski definition) is 5. The Morgan fingerprint density at radius 3 is 2.55 bits per heavy atom. The van der Waals surface area contributed by atoms with Crippen molar-refractivity contribution in [2.24, 2.45) is 13.0 Å². The summed E-state index contributed by atoms with van der Waals surface area (Å²) >= 11 is 0. The topological polar surface area (TPSA) is 93.5 Å². The van der Waals surface area contributed by atoms with Gasteiger partial charge in [0.1, 0.15) is 11.6 Å². The van der Waals surface area contributed by atoms with Crippen LogP contribution in [0.25, 0.3) is 0 Å². The summed E-state index contributed by atoms with van der Waals surface area (Å²) in [7, 11) is -1.87. The SMILES string of the molecule is CCCCOc1ccc(NC(=O)C2CCN(S(=O)(=O)c3cn(C)c(C)n3)CC2)c(C)c1.